The number of hydrogen-bond donors (Lipinski definition) is 0. The SMILES string of the molecule is COc1ccnc(CS(=O)c2nc3cc(OC(F)F)ccc3n2C(=O)ON=C(C)C(=O)N(C)C)c1OC. The van der Waals surface area contributed by atoms with Crippen molar-refractivity contribution in [3.63, 3.8) is 0 Å². The topological polar surface area (TPSA) is 134 Å². The zero-order valence-electron chi connectivity index (χ0n) is 20.4. The van der Waals surface area contributed by atoms with E-state index >= 15 is 0 Å². The molecule has 1 aromatic carbocycles. The highest BCUT2D eigenvalue weighted by molar-refractivity contribution is 7.84. The first kappa shape index (κ1) is 27.4. The number of amides is 1. The number of oxime groups is 1. The van der Waals surface area contributed by atoms with E-state index in [-0.39, 0.29) is 44.8 Å². The maximum Gasteiger partial charge on any atom is 0.446 e. The minimum atomic E-state index is -3.09. The average Bonchev–Trinajstić information content (AvgIpc) is 3.24. The summed E-state index contributed by atoms with van der Waals surface area (Å²) in [5.41, 5.74) is 0.226. The minimum Gasteiger partial charge on any atom is -0.493 e. The maximum absolute atomic E-state index is 13.4. The van der Waals surface area contributed by atoms with Crippen molar-refractivity contribution in [2.45, 2.75) is 24.4 Å². The smallest absolute Gasteiger partial charge is 0.446 e. The highest BCUT2D eigenvalue weighted by atomic mass is 32.2. The number of fused-ring (bicyclic) bond motifs is 1. The van der Waals surface area contributed by atoms with Crippen LogP contribution in [0.5, 0.6) is 17.2 Å². The fourth-order valence-electron chi connectivity index (χ4n) is 3.20. The normalized spacial score (nSPS) is 12.4. The number of ether oxygens (including phenoxy) is 3. The predicted molar refractivity (Wildman–Crippen MR) is 128 cm³/mol. The molecule has 12 nitrogen and oxygen atoms in total. The van der Waals surface area contributed by atoms with Gasteiger partial charge in [-0.3, -0.25) is 18.8 Å². The molecule has 0 aliphatic heterocycles. The third kappa shape index (κ3) is 6.17. The van der Waals surface area contributed by atoms with E-state index in [4.69, 9.17) is 14.3 Å². The van der Waals surface area contributed by atoms with Gasteiger partial charge in [0.25, 0.3) is 5.91 Å². The van der Waals surface area contributed by atoms with Gasteiger partial charge in [-0.15, -0.1) is 0 Å². The fraction of sp³-hybridized carbons (Fsp3) is 0.318. The Kier molecular flexibility index (Phi) is 8.70. The predicted octanol–water partition coefficient (Wildman–Crippen LogP) is 2.81. The number of alkyl halides is 2. The number of carbonyl (C=O) groups excluding carboxylic acids is 2. The molecule has 2 aromatic heterocycles. The molecule has 0 radical (unpaired) electrons. The number of halogens is 2. The van der Waals surface area contributed by atoms with E-state index in [0.29, 0.717) is 5.75 Å². The van der Waals surface area contributed by atoms with Crippen LogP contribution in [-0.4, -0.2) is 76.3 Å². The van der Waals surface area contributed by atoms with E-state index in [9.17, 15) is 22.6 Å². The summed E-state index contributed by atoms with van der Waals surface area (Å²) >= 11 is 0. The molecule has 198 valence electrons. The van der Waals surface area contributed by atoms with E-state index in [0.717, 1.165) is 10.6 Å². The summed E-state index contributed by atoms with van der Waals surface area (Å²) in [5.74, 6) is -0.393. The lowest BCUT2D eigenvalue weighted by molar-refractivity contribution is -0.121. The summed E-state index contributed by atoms with van der Waals surface area (Å²) in [6, 6.07) is 5.16. The number of carbonyl (C=O) groups is 2. The van der Waals surface area contributed by atoms with Crippen LogP contribution in [0.1, 0.15) is 12.6 Å². The summed E-state index contributed by atoms with van der Waals surface area (Å²) in [7, 11) is 3.77. The molecule has 1 unspecified atom stereocenters. The largest absolute Gasteiger partial charge is 0.493 e. The first-order valence-corrected chi connectivity index (χ1v) is 11.8. The second-order valence-corrected chi connectivity index (χ2v) is 8.82. The van der Waals surface area contributed by atoms with Gasteiger partial charge in [0.05, 0.1) is 47.5 Å². The first-order valence-electron chi connectivity index (χ1n) is 10.5. The molecule has 0 aliphatic carbocycles. The van der Waals surface area contributed by atoms with Crippen LogP contribution < -0.4 is 14.2 Å². The molecule has 3 rings (SSSR count). The van der Waals surface area contributed by atoms with Crippen molar-refractivity contribution in [2.75, 3.05) is 28.3 Å². The Morgan fingerprint density at radius 1 is 1.19 bits per heavy atom. The molecule has 0 spiro atoms. The third-order valence-corrected chi connectivity index (χ3v) is 6.03. The van der Waals surface area contributed by atoms with Gasteiger partial charge in [0.15, 0.2) is 11.5 Å². The Hall–Kier alpha value is -4.14. The minimum absolute atomic E-state index is 0.0223. The van der Waals surface area contributed by atoms with Crippen LogP contribution in [0, 0.1) is 0 Å². The molecule has 0 fully saturated rings. The number of imidazole rings is 1. The van der Waals surface area contributed by atoms with Crippen molar-refractivity contribution >= 4 is 39.5 Å². The molecule has 1 atom stereocenters. The standard InChI is InChI=1S/C22H23F2N5O7S/c1-12(19(30)28(2)3)27-36-22(31)29-16-7-6-13(35-20(23)24)10-14(16)26-21(29)37(32)11-15-18(34-5)17(33-4)8-9-25-15/h6-10,20H,11H2,1-5H3. The van der Waals surface area contributed by atoms with Crippen LogP contribution in [0.4, 0.5) is 13.6 Å². The first-order chi connectivity index (χ1) is 17.6. The molecule has 3 aromatic rings. The number of pyridine rings is 1. The zero-order chi connectivity index (χ0) is 27.3. The molecule has 1 amide bonds. The molecule has 0 aliphatic rings. The molecular weight excluding hydrogens is 516 g/mol. The lowest BCUT2D eigenvalue weighted by Gasteiger charge is -2.11. The monoisotopic (exact) mass is 539 g/mol. The Morgan fingerprint density at radius 3 is 2.54 bits per heavy atom. The van der Waals surface area contributed by atoms with Gasteiger partial charge >= 0.3 is 12.7 Å². The zero-order valence-corrected chi connectivity index (χ0v) is 21.2. The van der Waals surface area contributed by atoms with E-state index < -0.39 is 29.4 Å². The van der Waals surface area contributed by atoms with Crippen molar-refractivity contribution in [1.82, 2.24) is 19.4 Å². The van der Waals surface area contributed by atoms with Crippen LogP contribution in [0.25, 0.3) is 11.0 Å². The van der Waals surface area contributed by atoms with E-state index in [1.807, 2.05) is 0 Å². The lowest BCUT2D eigenvalue weighted by atomic mass is 10.3. The molecular formula is C22H23F2N5O7S. The Balaban J connectivity index is 2.06. The maximum atomic E-state index is 13.4. The van der Waals surface area contributed by atoms with Crippen molar-refractivity contribution in [2.24, 2.45) is 5.16 Å². The van der Waals surface area contributed by atoms with Crippen molar-refractivity contribution in [1.29, 1.82) is 0 Å². The molecule has 37 heavy (non-hydrogen) atoms. The van der Waals surface area contributed by atoms with Crippen LogP contribution in [0.15, 0.2) is 40.8 Å². The highest BCUT2D eigenvalue weighted by Crippen LogP contribution is 2.31. The van der Waals surface area contributed by atoms with Gasteiger partial charge in [-0.25, -0.2) is 14.3 Å². The average molecular weight is 540 g/mol. The molecule has 0 N–H and O–H groups in total. The van der Waals surface area contributed by atoms with Gasteiger partial charge in [0.1, 0.15) is 11.5 Å². The highest BCUT2D eigenvalue weighted by Gasteiger charge is 2.26. The number of methoxy groups -OCH3 is 2. The Bertz CT molecular complexity index is 1380. The summed E-state index contributed by atoms with van der Waals surface area (Å²) in [4.78, 5) is 39.5. The summed E-state index contributed by atoms with van der Waals surface area (Å²) in [6.07, 6.45) is 0.295. The van der Waals surface area contributed by atoms with Gasteiger partial charge in [-0.05, 0) is 19.1 Å². The third-order valence-electron chi connectivity index (χ3n) is 4.82. The fourth-order valence-corrected chi connectivity index (χ4v) is 4.36. The van der Waals surface area contributed by atoms with Gasteiger partial charge in [0, 0.05) is 32.4 Å². The van der Waals surface area contributed by atoms with Gasteiger partial charge < -0.3 is 19.1 Å². The van der Waals surface area contributed by atoms with Crippen LogP contribution in [0.2, 0.25) is 0 Å². The van der Waals surface area contributed by atoms with Crippen molar-refractivity contribution < 1.29 is 41.6 Å². The Morgan fingerprint density at radius 2 is 1.92 bits per heavy atom. The van der Waals surface area contributed by atoms with E-state index in [1.165, 1.54) is 58.5 Å². The van der Waals surface area contributed by atoms with Crippen LogP contribution in [0.3, 0.4) is 0 Å². The number of aromatic nitrogens is 3. The van der Waals surface area contributed by atoms with Crippen LogP contribution in [-0.2, 0) is 26.2 Å². The van der Waals surface area contributed by atoms with Gasteiger partial charge in [-0.2, -0.15) is 8.78 Å². The molecule has 0 saturated carbocycles. The van der Waals surface area contributed by atoms with E-state index in [1.54, 1.807) is 6.07 Å². The second kappa shape index (κ2) is 11.7. The number of hydrogen-bond acceptors (Lipinski definition) is 10. The van der Waals surface area contributed by atoms with Gasteiger partial charge in [-0.1, -0.05) is 5.16 Å². The number of nitrogens with zero attached hydrogens (tertiary/aromatic N) is 5. The molecule has 2 heterocycles. The van der Waals surface area contributed by atoms with E-state index in [2.05, 4.69) is 19.9 Å². The van der Waals surface area contributed by atoms with Crippen LogP contribution >= 0.6 is 0 Å². The lowest BCUT2D eigenvalue weighted by Crippen LogP contribution is -2.28. The summed E-state index contributed by atoms with van der Waals surface area (Å²) < 4.78 is 54.6. The van der Waals surface area contributed by atoms with Crippen molar-refractivity contribution in [3.8, 4) is 17.2 Å². The molecule has 15 heteroatoms. The summed E-state index contributed by atoms with van der Waals surface area (Å²) in [5, 5.41) is 3.27. The number of rotatable bonds is 9. The number of benzene rings is 1. The van der Waals surface area contributed by atoms with Crippen molar-refractivity contribution in [3.05, 3.63) is 36.2 Å². The quantitative estimate of drug-likeness (QED) is 0.229. The molecule has 0 bridgehead atoms. The Labute approximate surface area is 212 Å². The summed E-state index contributed by atoms with van der Waals surface area (Å²) in [6.45, 7) is -1.74. The second-order valence-electron chi connectivity index (χ2n) is 7.48. The molecule has 0 saturated heterocycles. The van der Waals surface area contributed by atoms with Gasteiger partial charge in [0.2, 0.25) is 5.16 Å².